The van der Waals surface area contributed by atoms with Gasteiger partial charge in [-0.3, -0.25) is 10.1 Å². The first-order chi connectivity index (χ1) is 10.5. The molecule has 1 atom stereocenters. The van der Waals surface area contributed by atoms with E-state index >= 15 is 0 Å². The average molecular weight is 448 g/mol. The lowest BCUT2D eigenvalue weighted by Gasteiger charge is -2.23. The van der Waals surface area contributed by atoms with Crippen molar-refractivity contribution in [3.05, 3.63) is 77.0 Å². The van der Waals surface area contributed by atoms with E-state index in [9.17, 15) is 10.1 Å². The minimum Gasteiger partial charge on any atom is -0.472 e. The molecule has 0 bridgehead atoms. The Labute approximate surface area is 150 Å². The highest BCUT2D eigenvalue weighted by Gasteiger charge is 2.34. The molecule has 0 saturated heterocycles. The lowest BCUT2D eigenvalue weighted by Crippen LogP contribution is -2.20. The molecule has 0 aliphatic carbocycles. The number of rotatable bonds is 2. The summed E-state index contributed by atoms with van der Waals surface area (Å²) in [7, 11) is 0. The summed E-state index contributed by atoms with van der Waals surface area (Å²) < 4.78 is 6.85. The lowest BCUT2D eigenvalue weighted by atomic mass is 10.0. The second-order valence-electron chi connectivity index (χ2n) is 4.68. The maximum absolute atomic E-state index is 11.4. The van der Waals surface area contributed by atoms with Crippen LogP contribution in [0.4, 0.5) is 0 Å². The minimum atomic E-state index is -0.807. The topological polar surface area (TPSA) is 52.4 Å². The first kappa shape index (κ1) is 15.6. The number of nitrogens with zero attached hydrogens (tertiary/aromatic N) is 1. The summed E-state index contributed by atoms with van der Waals surface area (Å²) in [6.07, 6.45) is 0.650. The molecular weight excluding hydrogens is 440 g/mol. The van der Waals surface area contributed by atoms with Gasteiger partial charge in [-0.2, -0.15) is 0 Å². The van der Waals surface area contributed by atoms with Crippen LogP contribution < -0.4 is 4.74 Å². The maximum atomic E-state index is 11.4. The van der Waals surface area contributed by atoms with Gasteiger partial charge in [0.1, 0.15) is 5.75 Å². The van der Waals surface area contributed by atoms with Crippen LogP contribution in [-0.2, 0) is 0 Å². The predicted octanol–water partition coefficient (Wildman–Crippen LogP) is 5.35. The van der Waals surface area contributed by atoms with Crippen LogP contribution in [0.25, 0.3) is 6.08 Å². The fourth-order valence-corrected chi connectivity index (χ4v) is 3.16. The predicted molar refractivity (Wildman–Crippen MR) is 94.0 cm³/mol. The Morgan fingerprint density at radius 1 is 1.18 bits per heavy atom. The highest BCUT2D eigenvalue weighted by molar-refractivity contribution is 14.1. The van der Waals surface area contributed by atoms with Gasteiger partial charge in [0.05, 0.1) is 9.95 Å². The SMILES string of the molecule is O=[N+]([O-])C1=Cc2cc(Cl)cc(Cl)c2OC1c1ccc(I)cc1. The molecule has 0 amide bonds. The van der Waals surface area contributed by atoms with Crippen LogP contribution in [0.2, 0.25) is 10.0 Å². The summed E-state index contributed by atoms with van der Waals surface area (Å²) in [6, 6.07) is 10.5. The molecular formula is C15H8Cl2INO3. The van der Waals surface area contributed by atoms with E-state index in [2.05, 4.69) is 22.6 Å². The lowest BCUT2D eigenvalue weighted by molar-refractivity contribution is -0.434. The number of hydrogen-bond acceptors (Lipinski definition) is 3. The molecule has 1 aliphatic heterocycles. The Bertz CT molecular complexity index is 790. The molecule has 22 heavy (non-hydrogen) atoms. The summed E-state index contributed by atoms with van der Waals surface area (Å²) >= 11 is 14.3. The molecule has 2 aromatic rings. The van der Waals surface area contributed by atoms with Gasteiger partial charge in [0.15, 0.2) is 0 Å². The van der Waals surface area contributed by atoms with Crippen molar-refractivity contribution in [1.29, 1.82) is 0 Å². The Morgan fingerprint density at radius 2 is 1.86 bits per heavy atom. The van der Waals surface area contributed by atoms with Crippen molar-refractivity contribution in [2.75, 3.05) is 0 Å². The zero-order valence-corrected chi connectivity index (χ0v) is 14.6. The highest BCUT2D eigenvalue weighted by Crippen LogP contribution is 2.42. The van der Waals surface area contributed by atoms with Crippen molar-refractivity contribution in [2.24, 2.45) is 0 Å². The van der Waals surface area contributed by atoms with Crippen LogP contribution in [0.5, 0.6) is 5.75 Å². The van der Waals surface area contributed by atoms with E-state index in [-0.39, 0.29) is 5.70 Å². The van der Waals surface area contributed by atoms with E-state index in [0.29, 0.717) is 26.9 Å². The van der Waals surface area contributed by atoms with E-state index in [0.717, 1.165) is 3.57 Å². The molecule has 112 valence electrons. The number of nitro groups is 1. The van der Waals surface area contributed by atoms with Gasteiger partial charge in [0.25, 0.3) is 5.70 Å². The van der Waals surface area contributed by atoms with Crippen LogP contribution in [0.3, 0.4) is 0 Å². The summed E-state index contributed by atoms with van der Waals surface area (Å²) in [5.41, 5.74) is 1.15. The van der Waals surface area contributed by atoms with E-state index in [4.69, 9.17) is 27.9 Å². The quantitative estimate of drug-likeness (QED) is 0.354. The number of benzene rings is 2. The molecule has 0 spiro atoms. The molecule has 3 rings (SSSR count). The van der Waals surface area contributed by atoms with Crippen molar-refractivity contribution < 1.29 is 9.66 Å². The van der Waals surface area contributed by atoms with Crippen LogP contribution in [0.15, 0.2) is 42.1 Å². The molecule has 1 heterocycles. The molecule has 2 aromatic carbocycles. The third-order valence-electron chi connectivity index (χ3n) is 3.23. The normalized spacial score (nSPS) is 16.5. The van der Waals surface area contributed by atoms with Crippen molar-refractivity contribution in [3.63, 3.8) is 0 Å². The van der Waals surface area contributed by atoms with E-state index in [1.807, 2.05) is 12.1 Å². The molecule has 1 aliphatic rings. The van der Waals surface area contributed by atoms with E-state index in [1.54, 1.807) is 24.3 Å². The van der Waals surface area contributed by atoms with Gasteiger partial charge in [-0.25, -0.2) is 0 Å². The molecule has 0 N–H and O–H groups in total. The molecule has 0 radical (unpaired) electrons. The van der Waals surface area contributed by atoms with Crippen molar-refractivity contribution >= 4 is 51.9 Å². The fraction of sp³-hybridized carbons (Fsp3) is 0.0667. The van der Waals surface area contributed by atoms with Gasteiger partial charge in [-0.15, -0.1) is 0 Å². The van der Waals surface area contributed by atoms with Crippen LogP contribution >= 0.6 is 45.8 Å². The van der Waals surface area contributed by atoms with Crippen LogP contribution in [0.1, 0.15) is 17.2 Å². The fourth-order valence-electron chi connectivity index (χ4n) is 2.25. The third kappa shape index (κ3) is 2.93. The average Bonchev–Trinajstić information content (AvgIpc) is 2.47. The Morgan fingerprint density at radius 3 is 2.50 bits per heavy atom. The molecule has 0 saturated carbocycles. The monoisotopic (exact) mass is 447 g/mol. The zero-order valence-electron chi connectivity index (χ0n) is 10.9. The number of ether oxygens (including phenoxy) is 1. The largest absolute Gasteiger partial charge is 0.472 e. The summed E-state index contributed by atoms with van der Waals surface area (Å²) in [5, 5.41) is 12.1. The minimum absolute atomic E-state index is 0.0490. The molecule has 1 unspecified atom stereocenters. The highest BCUT2D eigenvalue weighted by atomic mass is 127. The molecule has 0 aromatic heterocycles. The van der Waals surface area contributed by atoms with Gasteiger partial charge in [0.2, 0.25) is 6.10 Å². The number of halogens is 3. The van der Waals surface area contributed by atoms with Crippen molar-refractivity contribution in [3.8, 4) is 5.75 Å². The van der Waals surface area contributed by atoms with Crippen LogP contribution in [0, 0.1) is 13.7 Å². The Balaban J connectivity index is 2.13. The van der Waals surface area contributed by atoms with E-state index in [1.165, 1.54) is 6.08 Å². The smallest absolute Gasteiger partial charge is 0.291 e. The van der Waals surface area contributed by atoms with E-state index < -0.39 is 11.0 Å². The standard InChI is InChI=1S/C15H8Cl2INO3/c16-10-5-9-6-13(19(20)21)15(22-14(9)12(17)7-10)8-1-3-11(18)4-2-8/h1-7,15H. The molecule has 4 nitrogen and oxygen atoms in total. The second kappa shape index (κ2) is 6.06. The summed E-state index contributed by atoms with van der Waals surface area (Å²) in [5.74, 6) is 0.403. The van der Waals surface area contributed by atoms with Gasteiger partial charge in [0, 0.05) is 25.8 Å². The Hall–Kier alpha value is -1.31. The molecule has 7 heteroatoms. The third-order valence-corrected chi connectivity index (χ3v) is 4.45. The van der Waals surface area contributed by atoms with Gasteiger partial charge < -0.3 is 4.74 Å². The summed E-state index contributed by atoms with van der Waals surface area (Å²) in [6.45, 7) is 0. The van der Waals surface area contributed by atoms with Crippen molar-refractivity contribution in [1.82, 2.24) is 0 Å². The summed E-state index contributed by atoms with van der Waals surface area (Å²) in [4.78, 5) is 10.9. The molecule has 0 fully saturated rings. The zero-order chi connectivity index (χ0) is 15.9. The van der Waals surface area contributed by atoms with Gasteiger partial charge >= 0.3 is 0 Å². The Kier molecular flexibility index (Phi) is 4.29. The van der Waals surface area contributed by atoms with Crippen molar-refractivity contribution in [2.45, 2.75) is 6.10 Å². The van der Waals surface area contributed by atoms with Gasteiger partial charge in [-0.05, 0) is 46.9 Å². The second-order valence-corrected chi connectivity index (χ2v) is 6.77. The number of fused-ring (bicyclic) bond motifs is 1. The maximum Gasteiger partial charge on any atom is 0.291 e. The first-order valence-electron chi connectivity index (χ1n) is 6.23. The van der Waals surface area contributed by atoms with Crippen LogP contribution in [-0.4, -0.2) is 4.92 Å². The first-order valence-corrected chi connectivity index (χ1v) is 8.06. The number of hydrogen-bond donors (Lipinski definition) is 0. The van der Waals surface area contributed by atoms with Gasteiger partial charge in [-0.1, -0.05) is 35.3 Å².